The van der Waals surface area contributed by atoms with E-state index in [2.05, 4.69) is 10.2 Å². The fraction of sp³-hybridized carbons (Fsp3) is 0. The zero-order valence-corrected chi connectivity index (χ0v) is 16.2. The van der Waals surface area contributed by atoms with Gasteiger partial charge in [0.25, 0.3) is 5.69 Å². The topological polar surface area (TPSA) is 111 Å². The molecule has 4 aromatic rings. The zero-order valence-electron chi connectivity index (χ0n) is 15.4. The van der Waals surface area contributed by atoms with Crippen molar-refractivity contribution in [3.05, 3.63) is 88.5 Å². The summed E-state index contributed by atoms with van der Waals surface area (Å²) < 4.78 is 1.72. The Morgan fingerprint density at radius 2 is 1.73 bits per heavy atom. The first-order valence-electron chi connectivity index (χ1n) is 8.79. The quantitative estimate of drug-likeness (QED) is 0.278. The number of para-hydroxylation sites is 2. The van der Waals surface area contributed by atoms with E-state index < -0.39 is 4.92 Å². The predicted molar refractivity (Wildman–Crippen MR) is 111 cm³/mol. The monoisotopic (exact) mass is 418 g/mol. The lowest BCUT2D eigenvalue weighted by Gasteiger charge is -2.11. The normalized spacial score (nSPS) is 10.7. The van der Waals surface area contributed by atoms with Crippen molar-refractivity contribution < 1.29 is 14.8 Å². The van der Waals surface area contributed by atoms with Crippen LogP contribution >= 0.6 is 11.8 Å². The van der Waals surface area contributed by atoms with Crippen LogP contribution in [-0.4, -0.2) is 31.1 Å². The first-order chi connectivity index (χ1) is 14.6. The summed E-state index contributed by atoms with van der Waals surface area (Å²) >= 11 is 1.05. The molecule has 0 fully saturated rings. The number of hydrogen-bond donors (Lipinski definition) is 1. The van der Waals surface area contributed by atoms with Crippen molar-refractivity contribution in [2.45, 2.75) is 10.1 Å². The molecular weight excluding hydrogens is 404 g/mol. The van der Waals surface area contributed by atoms with Crippen LogP contribution in [-0.2, 0) is 0 Å². The second kappa shape index (κ2) is 8.18. The lowest BCUT2D eigenvalue weighted by molar-refractivity contribution is -0.387. The molecule has 30 heavy (non-hydrogen) atoms. The molecule has 0 atom stereocenters. The molecule has 1 heterocycles. The van der Waals surface area contributed by atoms with Crippen LogP contribution in [0.5, 0.6) is 5.75 Å². The minimum atomic E-state index is -0.539. The third-order valence-corrected chi connectivity index (χ3v) is 5.32. The fourth-order valence-electron chi connectivity index (χ4n) is 2.92. The average Bonchev–Trinajstić information content (AvgIpc) is 3.18. The van der Waals surface area contributed by atoms with Crippen molar-refractivity contribution >= 4 is 23.7 Å². The molecule has 3 aromatic carbocycles. The van der Waals surface area contributed by atoms with Crippen molar-refractivity contribution in [1.82, 2.24) is 14.8 Å². The SMILES string of the molecule is O=Cc1ccc(Sc2nnc(-c3ccccc3O)n2-c2ccccc2)c([N+](=O)[O-])c1. The summed E-state index contributed by atoms with van der Waals surface area (Å²) in [5.74, 6) is 0.439. The molecule has 0 bridgehead atoms. The highest BCUT2D eigenvalue weighted by molar-refractivity contribution is 7.99. The van der Waals surface area contributed by atoms with Crippen molar-refractivity contribution in [2.24, 2.45) is 0 Å². The van der Waals surface area contributed by atoms with E-state index in [-0.39, 0.29) is 17.0 Å². The molecule has 8 nitrogen and oxygen atoms in total. The summed E-state index contributed by atoms with van der Waals surface area (Å²) in [5.41, 5.74) is 1.23. The van der Waals surface area contributed by atoms with Crippen LogP contribution in [0.2, 0.25) is 0 Å². The van der Waals surface area contributed by atoms with E-state index in [4.69, 9.17) is 0 Å². The average molecular weight is 418 g/mol. The van der Waals surface area contributed by atoms with Crippen molar-refractivity contribution in [1.29, 1.82) is 0 Å². The van der Waals surface area contributed by atoms with E-state index >= 15 is 0 Å². The molecule has 0 unspecified atom stereocenters. The summed E-state index contributed by atoms with van der Waals surface area (Å²) in [6.45, 7) is 0. The summed E-state index contributed by atoms with van der Waals surface area (Å²) in [6, 6.07) is 20.2. The fourth-order valence-corrected chi connectivity index (χ4v) is 3.85. The summed E-state index contributed by atoms with van der Waals surface area (Å²) in [7, 11) is 0. The van der Waals surface area contributed by atoms with Crippen LogP contribution < -0.4 is 0 Å². The van der Waals surface area contributed by atoms with Gasteiger partial charge in [-0.1, -0.05) is 36.4 Å². The molecule has 0 aliphatic rings. The third-order valence-electron chi connectivity index (χ3n) is 4.31. The van der Waals surface area contributed by atoms with Gasteiger partial charge in [-0.25, -0.2) is 0 Å². The van der Waals surface area contributed by atoms with Gasteiger partial charge >= 0.3 is 0 Å². The number of phenols is 1. The van der Waals surface area contributed by atoms with Crippen LogP contribution in [0.4, 0.5) is 5.69 Å². The third kappa shape index (κ3) is 3.65. The van der Waals surface area contributed by atoms with E-state index in [1.165, 1.54) is 18.2 Å². The summed E-state index contributed by atoms with van der Waals surface area (Å²) in [6.07, 6.45) is 0.560. The smallest absolute Gasteiger partial charge is 0.284 e. The first-order valence-corrected chi connectivity index (χ1v) is 9.61. The number of carbonyl (C=O) groups excluding carboxylic acids is 1. The van der Waals surface area contributed by atoms with E-state index in [1.54, 1.807) is 28.8 Å². The number of phenolic OH excluding ortho intramolecular Hbond substituents is 1. The lowest BCUT2D eigenvalue weighted by atomic mass is 10.2. The Kier molecular flexibility index (Phi) is 5.27. The molecule has 0 spiro atoms. The van der Waals surface area contributed by atoms with E-state index in [0.29, 0.717) is 27.7 Å². The van der Waals surface area contributed by atoms with Gasteiger partial charge in [-0.15, -0.1) is 10.2 Å². The number of carbonyl (C=O) groups is 1. The Balaban J connectivity index is 1.87. The molecule has 1 N–H and O–H groups in total. The highest BCUT2D eigenvalue weighted by Gasteiger charge is 2.22. The number of benzene rings is 3. The molecule has 0 saturated carbocycles. The highest BCUT2D eigenvalue weighted by atomic mass is 32.2. The zero-order chi connectivity index (χ0) is 21.1. The van der Waals surface area contributed by atoms with Gasteiger partial charge in [0.2, 0.25) is 5.16 Å². The van der Waals surface area contributed by atoms with Crippen molar-refractivity contribution in [3.8, 4) is 22.8 Å². The lowest BCUT2D eigenvalue weighted by Crippen LogP contribution is -2.00. The van der Waals surface area contributed by atoms with Gasteiger partial charge in [0, 0.05) is 17.3 Å². The minimum absolute atomic E-state index is 0.0416. The maximum atomic E-state index is 11.5. The molecule has 0 radical (unpaired) electrons. The van der Waals surface area contributed by atoms with Crippen molar-refractivity contribution in [2.75, 3.05) is 0 Å². The van der Waals surface area contributed by atoms with Gasteiger partial charge in [-0.2, -0.15) is 0 Å². The molecule has 0 aliphatic heterocycles. The Labute approximate surface area is 175 Å². The molecule has 1 aromatic heterocycles. The number of aldehydes is 1. The number of nitro benzene ring substituents is 1. The Hall–Kier alpha value is -3.98. The maximum absolute atomic E-state index is 11.5. The second-order valence-corrected chi connectivity index (χ2v) is 7.21. The van der Waals surface area contributed by atoms with E-state index in [0.717, 1.165) is 17.4 Å². The van der Waals surface area contributed by atoms with Gasteiger partial charge in [-0.05, 0) is 42.1 Å². The second-order valence-electron chi connectivity index (χ2n) is 6.20. The number of aromatic hydroxyl groups is 1. The number of hydrogen-bond acceptors (Lipinski definition) is 7. The van der Waals surface area contributed by atoms with Crippen molar-refractivity contribution in [3.63, 3.8) is 0 Å². The highest BCUT2D eigenvalue weighted by Crippen LogP contribution is 2.38. The molecule has 0 amide bonds. The van der Waals surface area contributed by atoms with E-state index in [1.807, 2.05) is 30.3 Å². The van der Waals surface area contributed by atoms with Crippen LogP contribution in [0.1, 0.15) is 10.4 Å². The molecule has 148 valence electrons. The van der Waals surface area contributed by atoms with Crippen LogP contribution in [0, 0.1) is 10.1 Å². The van der Waals surface area contributed by atoms with Gasteiger partial charge in [0.15, 0.2) is 5.82 Å². The van der Waals surface area contributed by atoms with Crippen LogP contribution in [0.15, 0.2) is 82.8 Å². The van der Waals surface area contributed by atoms with Crippen LogP contribution in [0.25, 0.3) is 17.1 Å². The van der Waals surface area contributed by atoms with Gasteiger partial charge < -0.3 is 5.11 Å². The van der Waals surface area contributed by atoms with Gasteiger partial charge in [0.1, 0.15) is 12.0 Å². The molecule has 9 heteroatoms. The number of rotatable bonds is 6. The Bertz CT molecular complexity index is 1240. The summed E-state index contributed by atoms with van der Waals surface area (Å²) in [5, 5.41) is 30.6. The predicted octanol–water partition coefficient (Wildman–Crippen LogP) is 4.51. The number of nitro groups is 1. The van der Waals surface area contributed by atoms with Gasteiger partial charge in [-0.3, -0.25) is 19.5 Å². The standard InChI is InChI=1S/C21H14N4O4S/c26-13-14-10-11-19(17(12-14)25(28)29)30-21-23-22-20(16-8-4-5-9-18(16)27)24(21)15-6-2-1-3-7-15/h1-13,27H. The molecule has 0 aliphatic carbocycles. The van der Waals surface area contributed by atoms with Crippen LogP contribution in [0.3, 0.4) is 0 Å². The van der Waals surface area contributed by atoms with Gasteiger partial charge in [0.05, 0.1) is 15.4 Å². The summed E-state index contributed by atoms with van der Waals surface area (Å²) in [4.78, 5) is 22.3. The minimum Gasteiger partial charge on any atom is -0.507 e. The van der Waals surface area contributed by atoms with E-state index in [9.17, 15) is 20.0 Å². The number of nitrogens with zero attached hydrogens (tertiary/aromatic N) is 4. The molecule has 0 saturated heterocycles. The molecule has 4 rings (SSSR count). The maximum Gasteiger partial charge on any atom is 0.284 e. The molecular formula is C21H14N4O4S. The Morgan fingerprint density at radius 1 is 1.00 bits per heavy atom. The largest absolute Gasteiger partial charge is 0.507 e. The first kappa shape index (κ1) is 19.3. The Morgan fingerprint density at radius 3 is 2.43 bits per heavy atom. The number of aromatic nitrogens is 3.